The zero-order valence-electron chi connectivity index (χ0n) is 8.12. The Morgan fingerprint density at radius 2 is 2.33 bits per heavy atom. The minimum Gasteiger partial charge on any atom is -0.333 e. The molecule has 2 heterocycles. The van der Waals surface area contributed by atoms with Crippen LogP contribution >= 0.6 is 23.2 Å². The number of fused-ring (bicyclic) bond motifs is 1. The fourth-order valence-electron chi connectivity index (χ4n) is 1.67. The average molecular weight is 248 g/mol. The Hall–Kier alpha value is -0.740. The highest BCUT2D eigenvalue weighted by molar-refractivity contribution is 6.29. The molecule has 0 radical (unpaired) electrons. The molecule has 0 saturated heterocycles. The molecule has 2 rings (SSSR count). The summed E-state index contributed by atoms with van der Waals surface area (Å²) in [5.74, 6) is 1.29. The number of carbonyl (C=O) groups excluding carboxylic acids is 1. The van der Waals surface area contributed by atoms with E-state index in [1.54, 1.807) is 11.1 Å². The van der Waals surface area contributed by atoms with E-state index in [1.165, 1.54) is 0 Å². The second kappa shape index (κ2) is 4.41. The SMILES string of the molecule is O=C(CCCl)N1CCn2c(Cl)cnc2C1. The molecular weight excluding hydrogens is 237 g/mol. The Morgan fingerprint density at radius 3 is 3.07 bits per heavy atom. The van der Waals surface area contributed by atoms with Gasteiger partial charge in [-0.1, -0.05) is 11.6 Å². The summed E-state index contributed by atoms with van der Waals surface area (Å²) in [7, 11) is 0. The Labute approximate surface area is 97.8 Å². The summed E-state index contributed by atoms with van der Waals surface area (Å²) in [6.45, 7) is 1.92. The molecule has 0 bridgehead atoms. The van der Waals surface area contributed by atoms with Gasteiger partial charge in [0, 0.05) is 25.4 Å². The van der Waals surface area contributed by atoms with Crippen LogP contribution in [0, 0.1) is 0 Å². The van der Waals surface area contributed by atoms with Crippen molar-refractivity contribution in [1.29, 1.82) is 0 Å². The summed E-state index contributed by atoms with van der Waals surface area (Å²) >= 11 is 11.5. The van der Waals surface area contributed by atoms with Crippen LogP contribution in [0.25, 0.3) is 0 Å². The van der Waals surface area contributed by atoms with Gasteiger partial charge in [0.15, 0.2) is 0 Å². The molecule has 1 aliphatic rings. The van der Waals surface area contributed by atoms with Gasteiger partial charge in [0.25, 0.3) is 0 Å². The van der Waals surface area contributed by atoms with E-state index >= 15 is 0 Å². The highest BCUT2D eigenvalue weighted by atomic mass is 35.5. The first-order valence-corrected chi connectivity index (χ1v) is 5.67. The first-order valence-electron chi connectivity index (χ1n) is 4.76. The van der Waals surface area contributed by atoms with Crippen molar-refractivity contribution in [3.63, 3.8) is 0 Å². The monoisotopic (exact) mass is 247 g/mol. The van der Waals surface area contributed by atoms with E-state index in [9.17, 15) is 4.79 Å². The van der Waals surface area contributed by atoms with Crippen LogP contribution in [-0.2, 0) is 17.9 Å². The fraction of sp³-hybridized carbons (Fsp3) is 0.556. The molecule has 0 aromatic carbocycles. The van der Waals surface area contributed by atoms with Crippen LogP contribution in [0.1, 0.15) is 12.2 Å². The molecule has 0 unspecified atom stereocenters. The van der Waals surface area contributed by atoms with Crippen LogP contribution < -0.4 is 0 Å². The molecule has 15 heavy (non-hydrogen) atoms. The molecule has 0 aliphatic carbocycles. The second-order valence-electron chi connectivity index (χ2n) is 3.40. The molecule has 1 aromatic rings. The van der Waals surface area contributed by atoms with E-state index < -0.39 is 0 Å². The van der Waals surface area contributed by atoms with Crippen LogP contribution in [0.3, 0.4) is 0 Å². The molecule has 1 aliphatic heterocycles. The summed E-state index contributed by atoms with van der Waals surface area (Å²) in [6.07, 6.45) is 2.00. The van der Waals surface area contributed by atoms with Gasteiger partial charge in [-0.15, -0.1) is 11.6 Å². The number of aromatic nitrogens is 2. The lowest BCUT2D eigenvalue weighted by atomic mass is 10.3. The standard InChI is InChI=1S/C9H11Cl2N3O/c10-2-1-9(15)13-3-4-14-7(11)5-12-8(14)6-13/h5H,1-4,6H2. The van der Waals surface area contributed by atoms with Gasteiger partial charge in [-0.3, -0.25) is 4.79 Å². The maximum absolute atomic E-state index is 11.6. The molecule has 0 fully saturated rings. The molecule has 4 nitrogen and oxygen atoms in total. The Kier molecular flexibility index (Phi) is 3.17. The number of hydrogen-bond donors (Lipinski definition) is 0. The summed E-state index contributed by atoms with van der Waals surface area (Å²) in [5, 5.41) is 0.634. The number of nitrogens with zero attached hydrogens (tertiary/aromatic N) is 3. The normalized spacial score (nSPS) is 15.2. The predicted octanol–water partition coefficient (Wildman–Crippen LogP) is 1.51. The largest absolute Gasteiger partial charge is 0.333 e. The average Bonchev–Trinajstić information content (AvgIpc) is 2.60. The lowest BCUT2D eigenvalue weighted by molar-refractivity contribution is -0.132. The third-order valence-corrected chi connectivity index (χ3v) is 2.97. The third-order valence-electron chi connectivity index (χ3n) is 2.48. The highest BCUT2D eigenvalue weighted by Gasteiger charge is 2.22. The van der Waals surface area contributed by atoms with Crippen molar-refractivity contribution in [2.24, 2.45) is 0 Å². The van der Waals surface area contributed by atoms with E-state index in [0.717, 1.165) is 5.82 Å². The maximum Gasteiger partial charge on any atom is 0.224 e. The van der Waals surface area contributed by atoms with E-state index in [4.69, 9.17) is 23.2 Å². The van der Waals surface area contributed by atoms with Gasteiger partial charge >= 0.3 is 0 Å². The fourth-order valence-corrected chi connectivity index (χ4v) is 2.07. The molecule has 1 amide bonds. The minimum absolute atomic E-state index is 0.0790. The summed E-state index contributed by atoms with van der Waals surface area (Å²) < 4.78 is 1.92. The molecule has 0 atom stereocenters. The van der Waals surface area contributed by atoms with Crippen molar-refractivity contribution >= 4 is 29.1 Å². The first-order chi connectivity index (χ1) is 7.22. The van der Waals surface area contributed by atoms with E-state index in [-0.39, 0.29) is 5.91 Å². The van der Waals surface area contributed by atoms with Crippen molar-refractivity contribution in [2.75, 3.05) is 12.4 Å². The van der Waals surface area contributed by atoms with Crippen LogP contribution in [0.5, 0.6) is 0 Å². The number of amides is 1. The Morgan fingerprint density at radius 1 is 1.53 bits per heavy atom. The molecule has 0 saturated carbocycles. The lowest BCUT2D eigenvalue weighted by Gasteiger charge is -2.27. The first kappa shape index (κ1) is 10.8. The van der Waals surface area contributed by atoms with E-state index in [1.807, 2.05) is 4.57 Å². The second-order valence-corrected chi connectivity index (χ2v) is 4.17. The van der Waals surface area contributed by atoms with Crippen molar-refractivity contribution in [3.8, 4) is 0 Å². The molecular formula is C9H11Cl2N3O. The number of hydrogen-bond acceptors (Lipinski definition) is 2. The highest BCUT2D eigenvalue weighted by Crippen LogP contribution is 2.18. The maximum atomic E-state index is 11.6. The van der Waals surface area contributed by atoms with Gasteiger partial charge in [-0.25, -0.2) is 4.98 Å². The number of carbonyl (C=O) groups is 1. The van der Waals surface area contributed by atoms with Gasteiger partial charge in [0.1, 0.15) is 11.0 Å². The van der Waals surface area contributed by atoms with Crippen LogP contribution in [0.2, 0.25) is 5.15 Å². The topological polar surface area (TPSA) is 38.1 Å². The Balaban J connectivity index is 2.09. The smallest absolute Gasteiger partial charge is 0.224 e. The molecule has 1 aromatic heterocycles. The number of rotatable bonds is 2. The summed E-state index contributed by atoms with van der Waals surface area (Å²) in [5.41, 5.74) is 0. The van der Waals surface area contributed by atoms with E-state index in [2.05, 4.69) is 4.98 Å². The quantitative estimate of drug-likeness (QED) is 0.744. The van der Waals surface area contributed by atoms with Crippen LogP contribution in [-0.4, -0.2) is 32.8 Å². The molecule has 82 valence electrons. The lowest BCUT2D eigenvalue weighted by Crippen LogP contribution is -2.38. The predicted molar refractivity (Wildman–Crippen MR) is 58.0 cm³/mol. The van der Waals surface area contributed by atoms with Crippen molar-refractivity contribution in [1.82, 2.24) is 14.5 Å². The summed E-state index contributed by atoms with van der Waals surface area (Å²) in [6, 6.07) is 0. The number of halogens is 2. The van der Waals surface area contributed by atoms with Gasteiger partial charge in [-0.2, -0.15) is 0 Å². The Bertz CT molecular complexity index is 377. The zero-order chi connectivity index (χ0) is 10.8. The van der Waals surface area contributed by atoms with Crippen molar-refractivity contribution in [3.05, 3.63) is 17.2 Å². The third kappa shape index (κ3) is 2.11. The molecule has 6 heteroatoms. The minimum atomic E-state index is 0.0790. The molecule has 0 spiro atoms. The van der Waals surface area contributed by atoms with Gasteiger partial charge < -0.3 is 9.47 Å². The van der Waals surface area contributed by atoms with Gasteiger partial charge in [0.2, 0.25) is 5.91 Å². The zero-order valence-corrected chi connectivity index (χ0v) is 9.63. The van der Waals surface area contributed by atoms with E-state index in [0.29, 0.717) is 37.1 Å². The van der Waals surface area contributed by atoms with Crippen molar-refractivity contribution in [2.45, 2.75) is 19.5 Å². The molecule has 0 N–H and O–H groups in total. The van der Waals surface area contributed by atoms with Crippen LogP contribution in [0.4, 0.5) is 0 Å². The van der Waals surface area contributed by atoms with Gasteiger partial charge in [0.05, 0.1) is 12.7 Å². The summed E-state index contributed by atoms with van der Waals surface area (Å²) in [4.78, 5) is 17.5. The number of imidazole rings is 1. The van der Waals surface area contributed by atoms with Crippen LogP contribution in [0.15, 0.2) is 6.20 Å². The van der Waals surface area contributed by atoms with Gasteiger partial charge in [-0.05, 0) is 0 Å². The van der Waals surface area contributed by atoms with Crippen molar-refractivity contribution < 1.29 is 4.79 Å². The number of alkyl halides is 1.